The lowest BCUT2D eigenvalue weighted by molar-refractivity contribution is -0.118. The van der Waals surface area contributed by atoms with Crippen LogP contribution >= 0.6 is 23.2 Å². The molecule has 3 aromatic rings. The number of nitrogens with zero attached hydrogens (tertiary/aromatic N) is 1. The average Bonchev–Trinajstić information content (AvgIpc) is 2.73. The summed E-state index contributed by atoms with van der Waals surface area (Å²) in [7, 11) is 0. The molecular formula is C22H18Cl2N2O3. The summed E-state index contributed by atoms with van der Waals surface area (Å²) in [6, 6.07) is 10.4. The molecule has 1 heterocycles. The topological polar surface area (TPSA) is 68.3 Å². The number of ether oxygens (including phenoxy) is 1. The number of rotatable bonds is 7. The number of pyridine rings is 1. The number of hydrogen-bond donors (Lipinski definition) is 1. The van der Waals surface area contributed by atoms with Crippen molar-refractivity contribution >= 4 is 51.4 Å². The molecule has 29 heavy (non-hydrogen) atoms. The van der Waals surface area contributed by atoms with E-state index in [1.54, 1.807) is 18.5 Å². The second-order valence-corrected chi connectivity index (χ2v) is 7.06. The Morgan fingerprint density at radius 3 is 2.66 bits per heavy atom. The van der Waals surface area contributed by atoms with E-state index in [0.29, 0.717) is 17.7 Å². The van der Waals surface area contributed by atoms with Crippen LogP contribution in [0.1, 0.15) is 23.7 Å². The van der Waals surface area contributed by atoms with Gasteiger partial charge in [-0.05, 0) is 47.7 Å². The second kappa shape index (κ2) is 9.07. The zero-order chi connectivity index (χ0) is 21.0. The molecule has 1 N–H and O–H groups in total. The molecule has 0 saturated heterocycles. The van der Waals surface area contributed by atoms with E-state index in [0.717, 1.165) is 10.8 Å². The highest BCUT2D eigenvalue weighted by Crippen LogP contribution is 2.35. The number of carbonyl (C=O) groups is 2. The fourth-order valence-electron chi connectivity index (χ4n) is 2.67. The third kappa shape index (κ3) is 4.75. The normalized spacial score (nSPS) is 10.6. The monoisotopic (exact) mass is 428 g/mol. The number of hydrogen-bond acceptors (Lipinski definition) is 4. The average molecular weight is 429 g/mol. The number of ketones is 1. The van der Waals surface area contributed by atoms with Gasteiger partial charge < -0.3 is 10.1 Å². The summed E-state index contributed by atoms with van der Waals surface area (Å²) in [6.07, 6.45) is 3.95. The lowest BCUT2D eigenvalue weighted by Crippen LogP contribution is -2.20. The van der Waals surface area contributed by atoms with E-state index in [9.17, 15) is 9.59 Å². The van der Waals surface area contributed by atoms with E-state index in [1.165, 1.54) is 12.1 Å². The van der Waals surface area contributed by atoms with Crippen molar-refractivity contribution in [1.29, 1.82) is 0 Å². The van der Waals surface area contributed by atoms with Gasteiger partial charge in [0.25, 0.3) is 5.91 Å². The molecule has 0 spiro atoms. The minimum absolute atomic E-state index is 0.0762. The molecule has 0 radical (unpaired) electrons. The van der Waals surface area contributed by atoms with Crippen LogP contribution in [-0.2, 0) is 4.79 Å². The Labute approximate surface area is 178 Å². The first-order chi connectivity index (χ1) is 13.9. The molecule has 0 bridgehead atoms. The zero-order valence-corrected chi connectivity index (χ0v) is 17.2. The van der Waals surface area contributed by atoms with Crippen LogP contribution in [0.3, 0.4) is 0 Å². The second-order valence-electron chi connectivity index (χ2n) is 6.30. The third-order valence-electron chi connectivity index (χ3n) is 4.32. The lowest BCUT2D eigenvalue weighted by Gasteiger charge is -2.12. The Bertz CT molecular complexity index is 1110. The molecule has 0 unspecified atom stereocenters. The van der Waals surface area contributed by atoms with Gasteiger partial charge in [0, 0.05) is 29.0 Å². The van der Waals surface area contributed by atoms with E-state index < -0.39 is 0 Å². The van der Waals surface area contributed by atoms with Crippen molar-refractivity contribution in [3.05, 3.63) is 76.6 Å². The summed E-state index contributed by atoms with van der Waals surface area (Å²) in [5.74, 6) is -0.407. The maximum absolute atomic E-state index is 12.3. The molecule has 0 aliphatic rings. The summed E-state index contributed by atoms with van der Waals surface area (Å²) >= 11 is 12.4. The zero-order valence-electron chi connectivity index (χ0n) is 15.7. The number of anilines is 1. The Morgan fingerprint density at radius 1 is 1.10 bits per heavy atom. The molecule has 0 atom stereocenters. The van der Waals surface area contributed by atoms with E-state index in [4.69, 9.17) is 27.9 Å². The summed E-state index contributed by atoms with van der Waals surface area (Å²) in [5.41, 5.74) is 1.33. The SMILES string of the molecule is C=C(CC)C(=O)c1ccc(OCC(=O)Nc2ccc3cnccc3c2)c(Cl)c1Cl. The lowest BCUT2D eigenvalue weighted by atomic mass is 10.0. The standard InChI is InChI=1S/C22H18Cl2N2O3/c1-3-13(2)22(28)17-6-7-18(21(24)20(17)23)29-12-19(27)26-16-5-4-15-11-25-9-8-14(15)10-16/h4-11H,2-3,12H2,1H3,(H,26,27). The van der Waals surface area contributed by atoms with Gasteiger partial charge in [0.2, 0.25) is 0 Å². The number of amides is 1. The van der Waals surface area contributed by atoms with Gasteiger partial charge in [0.1, 0.15) is 10.8 Å². The van der Waals surface area contributed by atoms with Crippen molar-refractivity contribution in [1.82, 2.24) is 4.98 Å². The van der Waals surface area contributed by atoms with Crippen molar-refractivity contribution < 1.29 is 14.3 Å². The Morgan fingerprint density at radius 2 is 1.90 bits per heavy atom. The van der Waals surface area contributed by atoms with Crippen molar-refractivity contribution in [2.24, 2.45) is 0 Å². The predicted octanol–water partition coefficient (Wildman–Crippen LogP) is 5.71. The Kier molecular flexibility index (Phi) is 6.52. The molecule has 0 aliphatic heterocycles. The van der Waals surface area contributed by atoms with Crippen LogP contribution in [0.4, 0.5) is 5.69 Å². The van der Waals surface area contributed by atoms with E-state index in [-0.39, 0.29) is 39.7 Å². The highest BCUT2D eigenvalue weighted by molar-refractivity contribution is 6.45. The van der Waals surface area contributed by atoms with Crippen molar-refractivity contribution in [2.75, 3.05) is 11.9 Å². The smallest absolute Gasteiger partial charge is 0.262 e. The quantitative estimate of drug-likeness (QED) is 0.386. The molecule has 2 aromatic carbocycles. The van der Waals surface area contributed by atoms with Gasteiger partial charge in [0.05, 0.1) is 5.02 Å². The Balaban J connectivity index is 1.67. The summed E-state index contributed by atoms with van der Waals surface area (Å²) in [6.45, 7) is 5.29. The molecule has 1 aromatic heterocycles. The highest BCUT2D eigenvalue weighted by atomic mass is 35.5. The Hall–Kier alpha value is -2.89. The van der Waals surface area contributed by atoms with Crippen LogP contribution in [0.15, 0.2) is 60.9 Å². The maximum Gasteiger partial charge on any atom is 0.262 e. The van der Waals surface area contributed by atoms with Crippen LogP contribution < -0.4 is 10.1 Å². The van der Waals surface area contributed by atoms with Crippen molar-refractivity contribution in [2.45, 2.75) is 13.3 Å². The molecule has 3 rings (SSSR count). The highest BCUT2D eigenvalue weighted by Gasteiger charge is 2.18. The van der Waals surface area contributed by atoms with Gasteiger partial charge in [-0.15, -0.1) is 0 Å². The number of aromatic nitrogens is 1. The van der Waals surface area contributed by atoms with Crippen LogP contribution in [0.5, 0.6) is 5.75 Å². The molecule has 1 amide bonds. The minimum Gasteiger partial charge on any atom is -0.482 e. The molecule has 7 heteroatoms. The van der Waals surface area contributed by atoms with Crippen LogP contribution in [-0.4, -0.2) is 23.3 Å². The molecule has 0 saturated carbocycles. The van der Waals surface area contributed by atoms with E-state index in [2.05, 4.69) is 16.9 Å². The van der Waals surface area contributed by atoms with E-state index >= 15 is 0 Å². The van der Waals surface area contributed by atoms with Gasteiger partial charge >= 0.3 is 0 Å². The summed E-state index contributed by atoms with van der Waals surface area (Å²) < 4.78 is 5.49. The van der Waals surface area contributed by atoms with E-state index in [1.807, 2.05) is 25.1 Å². The van der Waals surface area contributed by atoms with Crippen LogP contribution in [0.2, 0.25) is 10.0 Å². The molecule has 148 valence electrons. The molecule has 0 aliphatic carbocycles. The minimum atomic E-state index is -0.356. The van der Waals surface area contributed by atoms with Gasteiger partial charge in [-0.2, -0.15) is 0 Å². The van der Waals surface area contributed by atoms with Gasteiger partial charge in [0.15, 0.2) is 12.4 Å². The number of nitrogens with one attached hydrogen (secondary N) is 1. The largest absolute Gasteiger partial charge is 0.482 e. The number of carbonyl (C=O) groups excluding carboxylic acids is 2. The number of benzene rings is 2. The van der Waals surface area contributed by atoms with Crippen molar-refractivity contribution in [3.63, 3.8) is 0 Å². The van der Waals surface area contributed by atoms with Crippen LogP contribution in [0, 0.1) is 0 Å². The first kappa shape index (κ1) is 20.8. The fourth-order valence-corrected chi connectivity index (χ4v) is 3.13. The van der Waals surface area contributed by atoms with Crippen molar-refractivity contribution in [3.8, 4) is 5.75 Å². The fraction of sp³-hybridized carbons (Fsp3) is 0.136. The maximum atomic E-state index is 12.3. The predicted molar refractivity (Wildman–Crippen MR) is 116 cm³/mol. The summed E-state index contributed by atoms with van der Waals surface area (Å²) in [4.78, 5) is 28.6. The summed E-state index contributed by atoms with van der Waals surface area (Å²) in [5, 5.41) is 4.85. The molecule has 5 nitrogen and oxygen atoms in total. The third-order valence-corrected chi connectivity index (χ3v) is 5.19. The number of fused-ring (bicyclic) bond motifs is 1. The van der Waals surface area contributed by atoms with Gasteiger partial charge in [-0.25, -0.2) is 0 Å². The number of allylic oxidation sites excluding steroid dienone is 1. The van der Waals surface area contributed by atoms with Gasteiger partial charge in [-0.1, -0.05) is 42.8 Å². The first-order valence-electron chi connectivity index (χ1n) is 8.87. The number of Topliss-reactive ketones (excluding diaryl/α,β-unsaturated/α-hetero) is 1. The first-order valence-corrected chi connectivity index (χ1v) is 9.63. The molecule has 0 fully saturated rings. The number of halogens is 2. The van der Waals surface area contributed by atoms with Crippen LogP contribution in [0.25, 0.3) is 10.8 Å². The van der Waals surface area contributed by atoms with Gasteiger partial charge in [-0.3, -0.25) is 14.6 Å². The molecular weight excluding hydrogens is 411 g/mol.